The van der Waals surface area contributed by atoms with Crippen molar-refractivity contribution in [2.24, 2.45) is 0 Å². The number of aryl methyl sites for hydroxylation is 2. The molecule has 0 aliphatic carbocycles. The van der Waals surface area contributed by atoms with Crippen molar-refractivity contribution < 1.29 is 4.74 Å². The highest BCUT2D eigenvalue weighted by molar-refractivity contribution is 5.84. The van der Waals surface area contributed by atoms with E-state index in [2.05, 4.69) is 54.0 Å². The summed E-state index contributed by atoms with van der Waals surface area (Å²) in [6.45, 7) is 6.24. The summed E-state index contributed by atoms with van der Waals surface area (Å²) in [5.74, 6) is 3.23. The van der Waals surface area contributed by atoms with Crippen molar-refractivity contribution in [2.45, 2.75) is 39.3 Å². The highest BCUT2D eigenvalue weighted by Gasteiger charge is 2.32. The van der Waals surface area contributed by atoms with Gasteiger partial charge in [0.25, 0.3) is 0 Å². The Hall–Kier alpha value is -3.59. The maximum absolute atomic E-state index is 5.59. The van der Waals surface area contributed by atoms with E-state index in [1.165, 1.54) is 0 Å². The van der Waals surface area contributed by atoms with Gasteiger partial charge in [0, 0.05) is 36.5 Å². The number of pyridine rings is 1. The quantitative estimate of drug-likeness (QED) is 0.530. The first-order valence-corrected chi connectivity index (χ1v) is 10.9. The van der Waals surface area contributed by atoms with E-state index >= 15 is 0 Å². The molecule has 0 spiro atoms. The lowest BCUT2D eigenvalue weighted by molar-refractivity contribution is 0.0836. The molecular formula is C23H24N8O. The second kappa shape index (κ2) is 7.52. The topological polar surface area (TPSA) is 93.9 Å². The first kappa shape index (κ1) is 19.1. The van der Waals surface area contributed by atoms with Crippen molar-refractivity contribution >= 4 is 28.4 Å². The van der Waals surface area contributed by atoms with E-state index in [-0.39, 0.29) is 0 Å². The van der Waals surface area contributed by atoms with Gasteiger partial charge in [-0.3, -0.25) is 9.55 Å². The minimum Gasteiger partial charge on any atom is -0.381 e. The fourth-order valence-electron chi connectivity index (χ4n) is 4.63. The molecule has 0 amide bonds. The van der Waals surface area contributed by atoms with Crippen molar-refractivity contribution in [3.05, 3.63) is 53.9 Å². The molecule has 0 radical (unpaired) electrons. The lowest BCUT2D eigenvalue weighted by atomic mass is 10.1. The Balaban J connectivity index is 1.41. The Kier molecular flexibility index (Phi) is 4.50. The summed E-state index contributed by atoms with van der Waals surface area (Å²) in [5.41, 5.74) is 3.92. The van der Waals surface area contributed by atoms with E-state index in [1.54, 1.807) is 0 Å². The highest BCUT2D eigenvalue weighted by Crippen LogP contribution is 2.35. The summed E-state index contributed by atoms with van der Waals surface area (Å²) in [6.07, 6.45) is 5.61. The van der Waals surface area contributed by atoms with Crippen molar-refractivity contribution in [3.63, 3.8) is 0 Å². The summed E-state index contributed by atoms with van der Waals surface area (Å²) in [4.78, 5) is 16.4. The number of benzene rings is 1. The largest absolute Gasteiger partial charge is 0.381 e. The van der Waals surface area contributed by atoms with Crippen LogP contribution in [0.25, 0.3) is 16.6 Å². The standard InChI is InChI=1S/C23H24N8O/c1-14-10-16-4-3-7-24-19(16)11-18(14)26-23-25-12-20-22(27-23)30(17-5-8-32-9-6-17)13-21-29-28-15(2)31(20)21/h3-4,7,10-12,17H,5-6,8-9,13H2,1-2H3,(H,25,26,27). The molecule has 0 atom stereocenters. The zero-order valence-corrected chi connectivity index (χ0v) is 18.1. The normalized spacial score (nSPS) is 16.1. The fourth-order valence-corrected chi connectivity index (χ4v) is 4.63. The zero-order valence-electron chi connectivity index (χ0n) is 18.1. The molecule has 32 heavy (non-hydrogen) atoms. The Morgan fingerprint density at radius 2 is 1.97 bits per heavy atom. The molecule has 0 saturated carbocycles. The molecule has 1 saturated heterocycles. The first-order valence-electron chi connectivity index (χ1n) is 10.9. The Morgan fingerprint density at radius 1 is 1.09 bits per heavy atom. The number of nitrogens with one attached hydrogen (secondary N) is 1. The van der Waals surface area contributed by atoms with Crippen molar-refractivity contribution in [2.75, 3.05) is 23.4 Å². The molecule has 6 rings (SSSR count). The smallest absolute Gasteiger partial charge is 0.229 e. The molecule has 2 aliphatic rings. The summed E-state index contributed by atoms with van der Waals surface area (Å²) in [7, 11) is 0. The number of fused-ring (bicyclic) bond motifs is 4. The van der Waals surface area contributed by atoms with Crippen LogP contribution in [0.3, 0.4) is 0 Å². The van der Waals surface area contributed by atoms with Gasteiger partial charge in [0.2, 0.25) is 5.95 Å². The van der Waals surface area contributed by atoms with E-state index in [0.29, 0.717) is 18.5 Å². The molecular weight excluding hydrogens is 404 g/mol. The average molecular weight is 429 g/mol. The van der Waals surface area contributed by atoms with Gasteiger partial charge < -0.3 is 15.0 Å². The summed E-state index contributed by atoms with van der Waals surface area (Å²) in [6, 6.07) is 8.55. The number of hydrogen-bond donors (Lipinski definition) is 1. The van der Waals surface area contributed by atoms with E-state index in [9.17, 15) is 0 Å². The van der Waals surface area contributed by atoms with Crippen LogP contribution in [0, 0.1) is 13.8 Å². The molecule has 1 aromatic carbocycles. The monoisotopic (exact) mass is 428 g/mol. The number of aromatic nitrogens is 6. The third-order valence-electron chi connectivity index (χ3n) is 6.29. The van der Waals surface area contributed by atoms with Gasteiger partial charge >= 0.3 is 0 Å². The molecule has 162 valence electrons. The van der Waals surface area contributed by atoms with Gasteiger partial charge in [-0.05, 0) is 50.5 Å². The van der Waals surface area contributed by atoms with Gasteiger partial charge in [-0.15, -0.1) is 10.2 Å². The number of nitrogens with zero attached hydrogens (tertiary/aromatic N) is 7. The first-order chi connectivity index (χ1) is 15.7. The van der Waals surface area contributed by atoms with E-state index in [1.807, 2.05) is 31.5 Å². The van der Waals surface area contributed by atoms with Crippen LogP contribution in [0.2, 0.25) is 0 Å². The van der Waals surface area contributed by atoms with Crippen LogP contribution >= 0.6 is 0 Å². The minimum atomic E-state index is 0.350. The second-order valence-electron chi connectivity index (χ2n) is 8.36. The van der Waals surface area contributed by atoms with E-state index < -0.39 is 0 Å². The van der Waals surface area contributed by atoms with Gasteiger partial charge in [0.05, 0.1) is 18.3 Å². The van der Waals surface area contributed by atoms with Gasteiger partial charge in [0.1, 0.15) is 11.5 Å². The maximum atomic E-state index is 5.59. The number of rotatable bonds is 3. The Bertz CT molecular complexity index is 1310. The Morgan fingerprint density at radius 3 is 2.84 bits per heavy atom. The predicted molar refractivity (Wildman–Crippen MR) is 121 cm³/mol. The molecule has 9 nitrogen and oxygen atoms in total. The molecule has 2 aliphatic heterocycles. The van der Waals surface area contributed by atoms with Crippen molar-refractivity contribution in [3.8, 4) is 5.69 Å². The van der Waals surface area contributed by atoms with E-state index in [4.69, 9.17) is 9.72 Å². The highest BCUT2D eigenvalue weighted by atomic mass is 16.5. The van der Waals surface area contributed by atoms with Crippen LogP contribution in [-0.4, -0.2) is 49.0 Å². The predicted octanol–water partition coefficient (Wildman–Crippen LogP) is 3.46. The molecule has 5 heterocycles. The lowest BCUT2D eigenvalue weighted by Gasteiger charge is -2.38. The third-order valence-corrected chi connectivity index (χ3v) is 6.29. The number of hydrogen-bond acceptors (Lipinski definition) is 8. The molecule has 4 aromatic rings. The molecule has 3 aromatic heterocycles. The van der Waals surface area contributed by atoms with Crippen LogP contribution in [0.1, 0.15) is 30.1 Å². The fraction of sp³-hybridized carbons (Fsp3) is 0.348. The molecule has 0 bridgehead atoms. The van der Waals surface area contributed by atoms with Gasteiger partial charge in [0.15, 0.2) is 11.6 Å². The zero-order chi connectivity index (χ0) is 21.7. The number of ether oxygens (including phenoxy) is 1. The molecule has 0 unspecified atom stereocenters. The Labute approximate surface area is 185 Å². The summed E-state index contributed by atoms with van der Waals surface area (Å²) >= 11 is 0. The van der Waals surface area contributed by atoms with Crippen LogP contribution in [0.4, 0.5) is 17.5 Å². The minimum absolute atomic E-state index is 0.350. The van der Waals surface area contributed by atoms with Gasteiger partial charge in [-0.25, -0.2) is 4.98 Å². The third kappa shape index (κ3) is 3.16. The van der Waals surface area contributed by atoms with Gasteiger partial charge in [-0.1, -0.05) is 6.07 Å². The van der Waals surface area contributed by atoms with Crippen molar-refractivity contribution in [1.82, 2.24) is 29.7 Å². The van der Waals surface area contributed by atoms with Crippen LogP contribution in [0.5, 0.6) is 0 Å². The van der Waals surface area contributed by atoms with Crippen LogP contribution in [0.15, 0.2) is 36.7 Å². The van der Waals surface area contributed by atoms with Gasteiger partial charge in [-0.2, -0.15) is 4.98 Å². The molecule has 1 fully saturated rings. The summed E-state index contributed by atoms with van der Waals surface area (Å²) < 4.78 is 7.65. The second-order valence-corrected chi connectivity index (χ2v) is 8.36. The SMILES string of the molecule is Cc1cc2cccnc2cc1Nc1ncc2c(n1)N(C1CCOCC1)Cc1nnc(C)n1-2. The lowest BCUT2D eigenvalue weighted by Crippen LogP contribution is -2.42. The average Bonchev–Trinajstić information content (AvgIpc) is 3.20. The van der Waals surface area contributed by atoms with E-state index in [0.717, 1.165) is 71.4 Å². The maximum Gasteiger partial charge on any atom is 0.229 e. The van der Waals surface area contributed by atoms with Crippen molar-refractivity contribution in [1.29, 1.82) is 0 Å². The summed E-state index contributed by atoms with van der Waals surface area (Å²) in [5, 5.41) is 13.2. The number of anilines is 3. The molecule has 9 heteroatoms. The van der Waals surface area contributed by atoms with Crippen LogP contribution < -0.4 is 10.2 Å². The molecule has 1 N–H and O–H groups in total. The van der Waals surface area contributed by atoms with Crippen LogP contribution in [-0.2, 0) is 11.3 Å².